The van der Waals surface area contributed by atoms with E-state index in [-0.39, 0.29) is 13.2 Å². The fourth-order valence-corrected chi connectivity index (χ4v) is 1.40. The third-order valence-corrected chi connectivity index (χ3v) is 2.30. The molecular weight excluding hydrogens is 230 g/mol. The number of nitro groups is 1. The maximum Gasteiger partial charge on any atom is 0.412 e. The van der Waals surface area contributed by atoms with Crippen LogP contribution in [0.25, 0.3) is 0 Å². The molecule has 0 saturated heterocycles. The molecule has 7 nitrogen and oxygen atoms in total. The van der Waals surface area contributed by atoms with Gasteiger partial charge in [-0.15, -0.1) is 0 Å². The molecule has 0 aromatic carbocycles. The Balaban J connectivity index is 5.51. The minimum atomic E-state index is -2.48. The Bertz CT molecular complexity index is 294. The van der Waals surface area contributed by atoms with Crippen LogP contribution in [0.15, 0.2) is 0 Å². The summed E-state index contributed by atoms with van der Waals surface area (Å²) in [6.07, 6.45) is 0. The zero-order chi connectivity index (χ0) is 13.6. The first-order valence-corrected chi connectivity index (χ1v) is 5.34. The van der Waals surface area contributed by atoms with E-state index in [4.69, 9.17) is 0 Å². The van der Waals surface area contributed by atoms with Crippen molar-refractivity contribution in [2.75, 3.05) is 13.2 Å². The molecule has 0 aliphatic rings. The highest BCUT2D eigenvalue weighted by atomic mass is 16.7. The first-order chi connectivity index (χ1) is 7.85. The van der Waals surface area contributed by atoms with Crippen molar-refractivity contribution in [3.05, 3.63) is 10.1 Å². The van der Waals surface area contributed by atoms with Gasteiger partial charge in [-0.1, -0.05) is 13.8 Å². The molecule has 0 unspecified atom stereocenters. The van der Waals surface area contributed by atoms with E-state index in [2.05, 4.69) is 9.47 Å². The highest BCUT2D eigenvalue weighted by Crippen LogP contribution is 2.25. The largest absolute Gasteiger partial charge is 0.460 e. The van der Waals surface area contributed by atoms with Gasteiger partial charge >= 0.3 is 17.5 Å². The number of nitrogens with zero attached hydrogens (tertiary/aromatic N) is 1. The van der Waals surface area contributed by atoms with Gasteiger partial charge < -0.3 is 9.47 Å². The van der Waals surface area contributed by atoms with Crippen LogP contribution in [-0.4, -0.2) is 35.6 Å². The maximum absolute atomic E-state index is 11.7. The van der Waals surface area contributed by atoms with E-state index in [0.717, 1.165) is 0 Å². The summed E-state index contributed by atoms with van der Waals surface area (Å²) in [5, 5.41) is 11.1. The van der Waals surface area contributed by atoms with Crippen LogP contribution in [-0.2, 0) is 19.1 Å². The van der Waals surface area contributed by atoms with Crippen LogP contribution >= 0.6 is 0 Å². The molecule has 0 aliphatic carbocycles. The molecule has 0 amide bonds. The average Bonchev–Trinajstić information content (AvgIpc) is 2.17. The van der Waals surface area contributed by atoms with Gasteiger partial charge in [0.25, 0.3) is 0 Å². The summed E-state index contributed by atoms with van der Waals surface area (Å²) in [6, 6.07) is 0. The molecule has 0 aromatic heterocycles. The number of hydrogen-bond donors (Lipinski definition) is 0. The van der Waals surface area contributed by atoms with Crippen LogP contribution in [0.5, 0.6) is 0 Å². The van der Waals surface area contributed by atoms with Crippen molar-refractivity contribution in [3.63, 3.8) is 0 Å². The molecule has 98 valence electrons. The van der Waals surface area contributed by atoms with Crippen LogP contribution in [0.1, 0.15) is 27.7 Å². The van der Waals surface area contributed by atoms with Gasteiger partial charge in [0.05, 0.1) is 18.1 Å². The van der Waals surface area contributed by atoms with Gasteiger partial charge in [0.2, 0.25) is 0 Å². The van der Waals surface area contributed by atoms with Crippen LogP contribution in [0.3, 0.4) is 0 Å². The lowest BCUT2D eigenvalue weighted by molar-refractivity contribution is -0.550. The van der Waals surface area contributed by atoms with Gasteiger partial charge in [-0.3, -0.25) is 10.1 Å². The normalized spacial score (nSPS) is 11.1. The second kappa shape index (κ2) is 6.17. The topological polar surface area (TPSA) is 95.7 Å². The van der Waals surface area contributed by atoms with Crippen molar-refractivity contribution in [2.45, 2.75) is 33.2 Å². The van der Waals surface area contributed by atoms with E-state index >= 15 is 0 Å². The van der Waals surface area contributed by atoms with Crippen molar-refractivity contribution in [1.82, 2.24) is 0 Å². The Kier molecular flexibility index (Phi) is 5.57. The molecule has 0 radical (unpaired) electrons. The minimum absolute atomic E-state index is 0.0411. The summed E-state index contributed by atoms with van der Waals surface area (Å²) < 4.78 is 9.23. The molecule has 0 N–H and O–H groups in total. The van der Waals surface area contributed by atoms with Gasteiger partial charge in [0.15, 0.2) is 0 Å². The Morgan fingerprint density at radius 1 is 1.18 bits per heavy atom. The maximum atomic E-state index is 11.7. The Morgan fingerprint density at radius 3 is 1.71 bits per heavy atom. The standard InChI is InChI=1S/C10H17NO6/c1-5-16-8(12)10(7(3)4,11(14)15)9(13)17-6-2/h7H,5-6H2,1-4H3. The molecule has 0 rings (SSSR count). The SMILES string of the molecule is CCOC(=O)C(C(=O)OCC)(C(C)C)[N+](=O)[O-]. The summed E-state index contributed by atoms with van der Waals surface area (Å²) in [6.45, 7) is 5.73. The molecule has 7 heteroatoms. The van der Waals surface area contributed by atoms with E-state index in [1.165, 1.54) is 27.7 Å². The molecule has 0 heterocycles. The van der Waals surface area contributed by atoms with Crippen LogP contribution < -0.4 is 0 Å². The van der Waals surface area contributed by atoms with Crippen molar-refractivity contribution >= 4 is 11.9 Å². The molecule has 0 bridgehead atoms. The summed E-state index contributed by atoms with van der Waals surface area (Å²) >= 11 is 0. The van der Waals surface area contributed by atoms with E-state index < -0.39 is 28.3 Å². The third kappa shape index (κ3) is 2.72. The molecule has 0 aliphatic heterocycles. The van der Waals surface area contributed by atoms with Gasteiger partial charge in [0.1, 0.15) is 0 Å². The average molecular weight is 247 g/mol. The van der Waals surface area contributed by atoms with Crippen molar-refractivity contribution in [3.8, 4) is 0 Å². The molecule has 0 aromatic rings. The lowest BCUT2D eigenvalue weighted by atomic mass is 9.87. The van der Waals surface area contributed by atoms with Crippen molar-refractivity contribution in [2.24, 2.45) is 5.92 Å². The van der Waals surface area contributed by atoms with E-state index in [9.17, 15) is 19.7 Å². The fraction of sp³-hybridized carbons (Fsp3) is 0.800. The predicted molar refractivity (Wildman–Crippen MR) is 57.8 cm³/mol. The van der Waals surface area contributed by atoms with Gasteiger partial charge in [-0.05, 0) is 13.8 Å². The Hall–Kier alpha value is -1.66. The van der Waals surface area contributed by atoms with E-state index in [1.54, 1.807) is 0 Å². The second-order valence-electron chi connectivity index (χ2n) is 3.62. The lowest BCUT2D eigenvalue weighted by Crippen LogP contribution is -2.58. The second-order valence-corrected chi connectivity index (χ2v) is 3.62. The smallest absolute Gasteiger partial charge is 0.412 e. The highest BCUT2D eigenvalue weighted by molar-refractivity contribution is 6.03. The summed E-state index contributed by atoms with van der Waals surface area (Å²) in [7, 11) is 0. The van der Waals surface area contributed by atoms with E-state index in [0.29, 0.717) is 0 Å². The zero-order valence-corrected chi connectivity index (χ0v) is 10.4. The number of esters is 2. The molecule has 17 heavy (non-hydrogen) atoms. The Morgan fingerprint density at radius 2 is 1.53 bits per heavy atom. The first kappa shape index (κ1) is 15.3. The summed E-state index contributed by atoms with van der Waals surface area (Å²) in [4.78, 5) is 33.6. The Labute approximate surface area is 99.2 Å². The molecule has 0 atom stereocenters. The van der Waals surface area contributed by atoms with Crippen molar-refractivity contribution in [1.29, 1.82) is 0 Å². The van der Waals surface area contributed by atoms with Gasteiger partial charge in [-0.2, -0.15) is 0 Å². The van der Waals surface area contributed by atoms with Crippen LogP contribution in [0, 0.1) is 16.0 Å². The quantitative estimate of drug-likeness (QED) is 0.298. The van der Waals surface area contributed by atoms with Crippen LogP contribution in [0.4, 0.5) is 0 Å². The molecule has 0 spiro atoms. The van der Waals surface area contributed by atoms with E-state index in [1.807, 2.05) is 0 Å². The number of hydrogen-bond acceptors (Lipinski definition) is 6. The third-order valence-electron chi connectivity index (χ3n) is 2.30. The number of carbonyl (C=O) groups is 2. The van der Waals surface area contributed by atoms with Gasteiger partial charge in [-0.25, -0.2) is 9.59 Å². The fourth-order valence-electron chi connectivity index (χ4n) is 1.40. The minimum Gasteiger partial charge on any atom is -0.460 e. The van der Waals surface area contributed by atoms with Gasteiger partial charge in [0, 0.05) is 5.92 Å². The van der Waals surface area contributed by atoms with Crippen molar-refractivity contribution < 1.29 is 24.0 Å². The number of carbonyl (C=O) groups excluding carboxylic acids is 2. The summed E-state index contributed by atoms with van der Waals surface area (Å²) in [5.74, 6) is -3.23. The lowest BCUT2D eigenvalue weighted by Gasteiger charge is -2.24. The number of ether oxygens (including phenoxy) is 2. The first-order valence-electron chi connectivity index (χ1n) is 5.34. The van der Waals surface area contributed by atoms with Crippen LogP contribution in [0.2, 0.25) is 0 Å². The summed E-state index contributed by atoms with van der Waals surface area (Å²) in [5.41, 5.74) is -2.48. The number of rotatable bonds is 6. The molecule has 0 fully saturated rings. The predicted octanol–water partition coefficient (Wildman–Crippen LogP) is 0.784. The molecular formula is C10H17NO6. The monoisotopic (exact) mass is 247 g/mol. The highest BCUT2D eigenvalue weighted by Gasteiger charge is 2.64. The molecule has 0 saturated carbocycles. The zero-order valence-electron chi connectivity index (χ0n) is 10.4.